The number of nitrogens with one attached hydrogen (secondary N) is 1. The molecule has 1 saturated heterocycles. The number of nitrogens with zero attached hydrogens (tertiary/aromatic N) is 4. The molecule has 0 spiro atoms. The van der Waals surface area contributed by atoms with Crippen LogP contribution in [0.4, 0.5) is 5.82 Å². The average Bonchev–Trinajstić information content (AvgIpc) is 2.77. The lowest BCUT2D eigenvalue weighted by Crippen LogP contribution is -2.54. The maximum Gasteiger partial charge on any atom is 0.240 e. The van der Waals surface area contributed by atoms with Gasteiger partial charge in [0.2, 0.25) is 5.91 Å². The molecule has 1 fully saturated rings. The number of piperazine rings is 1. The van der Waals surface area contributed by atoms with Gasteiger partial charge in [-0.3, -0.25) is 4.79 Å². The number of hydrogen-bond donors (Lipinski definition) is 1. The van der Waals surface area contributed by atoms with Gasteiger partial charge in [-0.05, 0) is 31.2 Å². The van der Waals surface area contributed by atoms with Crippen molar-refractivity contribution in [1.29, 1.82) is 0 Å². The number of carbonyl (C=O) groups is 1. The fourth-order valence-electron chi connectivity index (χ4n) is 3.76. The second-order valence-corrected chi connectivity index (χ2v) is 7.06. The Hall–Kier alpha value is -2.99. The molecule has 1 aliphatic heterocycles. The number of aromatic nitrogens is 2. The van der Waals surface area contributed by atoms with Crippen LogP contribution in [0.5, 0.6) is 0 Å². The number of anilines is 1. The van der Waals surface area contributed by atoms with Crippen molar-refractivity contribution in [1.82, 2.24) is 20.2 Å². The quantitative estimate of drug-likeness (QED) is 0.740. The van der Waals surface area contributed by atoms with E-state index < -0.39 is 0 Å². The summed E-state index contributed by atoms with van der Waals surface area (Å²) in [5, 5.41) is 4.25. The molecule has 1 amide bonds. The Kier molecular flexibility index (Phi) is 5.48. The van der Waals surface area contributed by atoms with E-state index in [0.29, 0.717) is 19.5 Å². The first-order valence-electron chi connectivity index (χ1n) is 9.71. The minimum atomic E-state index is -0.200. The third-order valence-electron chi connectivity index (χ3n) is 5.34. The van der Waals surface area contributed by atoms with Crippen molar-refractivity contribution < 1.29 is 4.79 Å². The Bertz CT molecular complexity index is 933. The fraction of sp³-hybridized carbons (Fsp3) is 0.318. The SMILES string of the molecule is CN[C@H](Cc1ccccc1)C(=O)N1CCN(c2ncnc3ccccc23)CC1. The molecular weight excluding hydrogens is 350 g/mol. The number of fused-ring (bicyclic) bond motifs is 1. The van der Waals surface area contributed by atoms with Crippen LogP contribution in [0.2, 0.25) is 0 Å². The van der Waals surface area contributed by atoms with Crippen LogP contribution in [0.3, 0.4) is 0 Å². The van der Waals surface area contributed by atoms with E-state index in [0.717, 1.165) is 29.8 Å². The van der Waals surface area contributed by atoms with Crippen LogP contribution >= 0.6 is 0 Å². The molecule has 0 radical (unpaired) electrons. The van der Waals surface area contributed by atoms with E-state index in [1.807, 2.05) is 48.3 Å². The van der Waals surface area contributed by atoms with Crippen molar-refractivity contribution in [3.63, 3.8) is 0 Å². The first-order valence-corrected chi connectivity index (χ1v) is 9.71. The summed E-state index contributed by atoms with van der Waals surface area (Å²) < 4.78 is 0. The van der Waals surface area contributed by atoms with Crippen LogP contribution in [0.1, 0.15) is 5.56 Å². The second-order valence-electron chi connectivity index (χ2n) is 7.06. The maximum atomic E-state index is 13.0. The summed E-state index contributed by atoms with van der Waals surface area (Å²) in [4.78, 5) is 26.1. The highest BCUT2D eigenvalue weighted by atomic mass is 16.2. The minimum absolute atomic E-state index is 0.165. The standard InChI is InChI=1S/C22H25N5O/c1-23-20(15-17-7-3-2-4-8-17)22(28)27-13-11-26(12-14-27)21-18-9-5-6-10-19(18)24-16-25-21/h2-10,16,20,23H,11-15H2,1H3/t20-/m1/s1. The highest BCUT2D eigenvalue weighted by Gasteiger charge is 2.27. The fourth-order valence-corrected chi connectivity index (χ4v) is 3.76. The monoisotopic (exact) mass is 375 g/mol. The van der Waals surface area contributed by atoms with Gasteiger partial charge < -0.3 is 15.1 Å². The van der Waals surface area contributed by atoms with E-state index in [1.165, 1.54) is 5.56 Å². The van der Waals surface area contributed by atoms with Gasteiger partial charge in [0.05, 0.1) is 11.6 Å². The van der Waals surface area contributed by atoms with Gasteiger partial charge in [-0.25, -0.2) is 9.97 Å². The number of amides is 1. The van der Waals surface area contributed by atoms with Crippen molar-refractivity contribution in [3.8, 4) is 0 Å². The van der Waals surface area contributed by atoms with E-state index in [2.05, 4.69) is 38.4 Å². The number of rotatable bonds is 5. The van der Waals surface area contributed by atoms with E-state index in [9.17, 15) is 4.79 Å². The van der Waals surface area contributed by atoms with Gasteiger partial charge in [-0.2, -0.15) is 0 Å². The molecule has 6 heteroatoms. The topological polar surface area (TPSA) is 61.4 Å². The zero-order chi connectivity index (χ0) is 19.3. The summed E-state index contributed by atoms with van der Waals surface area (Å²) >= 11 is 0. The summed E-state index contributed by atoms with van der Waals surface area (Å²) in [6, 6.07) is 18.0. The Morgan fingerprint density at radius 3 is 2.46 bits per heavy atom. The number of hydrogen-bond acceptors (Lipinski definition) is 5. The smallest absolute Gasteiger partial charge is 0.240 e. The number of para-hydroxylation sites is 1. The van der Waals surface area contributed by atoms with E-state index in [1.54, 1.807) is 6.33 Å². The van der Waals surface area contributed by atoms with Gasteiger partial charge in [0, 0.05) is 31.6 Å². The third kappa shape index (κ3) is 3.82. The molecule has 6 nitrogen and oxygen atoms in total. The van der Waals surface area contributed by atoms with Gasteiger partial charge >= 0.3 is 0 Å². The van der Waals surface area contributed by atoms with Gasteiger partial charge in [0.1, 0.15) is 12.1 Å². The van der Waals surface area contributed by atoms with Crippen LogP contribution in [-0.2, 0) is 11.2 Å². The number of likely N-dealkylation sites (N-methyl/N-ethyl adjacent to an activating group) is 1. The van der Waals surface area contributed by atoms with Crippen molar-refractivity contribution in [2.75, 3.05) is 38.1 Å². The van der Waals surface area contributed by atoms with Crippen LogP contribution in [0, 0.1) is 0 Å². The third-order valence-corrected chi connectivity index (χ3v) is 5.34. The summed E-state index contributed by atoms with van der Waals surface area (Å²) in [5.74, 6) is 1.12. The molecule has 1 aliphatic rings. The summed E-state index contributed by atoms with van der Waals surface area (Å²) in [6.45, 7) is 2.94. The first-order chi connectivity index (χ1) is 13.8. The predicted molar refractivity (Wildman–Crippen MR) is 111 cm³/mol. The molecule has 0 bridgehead atoms. The number of benzene rings is 2. The number of carbonyl (C=O) groups excluding carboxylic acids is 1. The average molecular weight is 375 g/mol. The molecule has 1 N–H and O–H groups in total. The molecule has 0 saturated carbocycles. The van der Waals surface area contributed by atoms with Gasteiger partial charge in [0.15, 0.2) is 0 Å². The lowest BCUT2D eigenvalue weighted by atomic mass is 10.0. The van der Waals surface area contributed by atoms with Crippen LogP contribution < -0.4 is 10.2 Å². The molecule has 144 valence electrons. The molecule has 4 rings (SSSR count). The Labute approximate surface area is 165 Å². The normalized spacial score (nSPS) is 15.6. The van der Waals surface area contributed by atoms with Gasteiger partial charge in [0.25, 0.3) is 0 Å². The molecule has 28 heavy (non-hydrogen) atoms. The van der Waals surface area contributed by atoms with Gasteiger partial charge in [-0.1, -0.05) is 42.5 Å². The zero-order valence-electron chi connectivity index (χ0n) is 16.1. The largest absolute Gasteiger partial charge is 0.352 e. The molecule has 3 aromatic rings. The van der Waals surface area contributed by atoms with E-state index in [-0.39, 0.29) is 11.9 Å². The predicted octanol–water partition coefficient (Wildman–Crippen LogP) is 2.11. The maximum absolute atomic E-state index is 13.0. The van der Waals surface area contributed by atoms with E-state index >= 15 is 0 Å². The molecule has 1 atom stereocenters. The molecule has 1 aromatic heterocycles. The molecule has 2 heterocycles. The van der Waals surface area contributed by atoms with Gasteiger partial charge in [-0.15, -0.1) is 0 Å². The highest BCUT2D eigenvalue weighted by Crippen LogP contribution is 2.23. The molecule has 0 unspecified atom stereocenters. The highest BCUT2D eigenvalue weighted by molar-refractivity contribution is 5.89. The van der Waals surface area contributed by atoms with Crippen LogP contribution in [0.15, 0.2) is 60.9 Å². The Balaban J connectivity index is 1.42. The zero-order valence-corrected chi connectivity index (χ0v) is 16.1. The lowest BCUT2D eigenvalue weighted by molar-refractivity contribution is -0.133. The molecule has 0 aliphatic carbocycles. The summed E-state index contributed by atoms with van der Waals surface area (Å²) in [7, 11) is 1.86. The van der Waals surface area contributed by atoms with Crippen LogP contribution in [-0.4, -0.2) is 60.0 Å². The van der Waals surface area contributed by atoms with Crippen molar-refractivity contribution in [2.45, 2.75) is 12.5 Å². The second kappa shape index (κ2) is 8.35. The summed E-state index contributed by atoms with van der Waals surface area (Å²) in [6.07, 6.45) is 2.32. The van der Waals surface area contributed by atoms with Crippen molar-refractivity contribution in [2.24, 2.45) is 0 Å². The van der Waals surface area contributed by atoms with Crippen LogP contribution in [0.25, 0.3) is 10.9 Å². The lowest BCUT2D eigenvalue weighted by Gasteiger charge is -2.37. The first kappa shape index (κ1) is 18.4. The minimum Gasteiger partial charge on any atom is -0.352 e. The summed E-state index contributed by atoms with van der Waals surface area (Å²) in [5.41, 5.74) is 2.12. The van der Waals surface area contributed by atoms with E-state index in [4.69, 9.17) is 0 Å². The van der Waals surface area contributed by atoms with Crippen molar-refractivity contribution >= 4 is 22.6 Å². The Morgan fingerprint density at radius 1 is 1.00 bits per heavy atom. The molecule has 2 aromatic carbocycles. The van der Waals surface area contributed by atoms with Crippen molar-refractivity contribution in [3.05, 3.63) is 66.5 Å². The molecular formula is C22H25N5O. The Morgan fingerprint density at radius 2 is 1.71 bits per heavy atom.